The van der Waals surface area contributed by atoms with Gasteiger partial charge < -0.3 is 10.2 Å². The van der Waals surface area contributed by atoms with Crippen LogP contribution in [0.15, 0.2) is 24.3 Å². The molecule has 2 rings (SSSR count). The summed E-state index contributed by atoms with van der Waals surface area (Å²) >= 11 is 0. The summed E-state index contributed by atoms with van der Waals surface area (Å²) in [5.74, 6) is 0. The number of nitrogens with one attached hydrogen (secondary N) is 1. The van der Waals surface area contributed by atoms with E-state index < -0.39 is 0 Å². The second kappa shape index (κ2) is 4.98. The first kappa shape index (κ1) is 11.6. The number of benzene rings is 1. The number of nitrogens with zero attached hydrogens (tertiary/aromatic N) is 1. The minimum absolute atomic E-state index is 0.502. The zero-order chi connectivity index (χ0) is 11.5. The maximum absolute atomic E-state index is 3.61. The number of hydrogen-bond donors (Lipinski definition) is 1. The fourth-order valence-electron chi connectivity index (χ4n) is 2.73. The van der Waals surface area contributed by atoms with Crippen LogP contribution in [0.2, 0.25) is 0 Å². The third kappa shape index (κ3) is 2.45. The predicted molar refractivity (Wildman–Crippen MR) is 68.6 cm³/mol. The molecular formula is C14H22N2. The van der Waals surface area contributed by atoms with Crippen molar-refractivity contribution in [2.45, 2.75) is 31.8 Å². The van der Waals surface area contributed by atoms with E-state index in [-0.39, 0.29) is 0 Å². The Bertz CT molecular complexity index is 340. The van der Waals surface area contributed by atoms with Gasteiger partial charge in [0.2, 0.25) is 0 Å². The van der Waals surface area contributed by atoms with Gasteiger partial charge in [0, 0.05) is 12.1 Å². The van der Waals surface area contributed by atoms with Gasteiger partial charge in [-0.15, -0.1) is 0 Å². The van der Waals surface area contributed by atoms with E-state index >= 15 is 0 Å². The monoisotopic (exact) mass is 218 g/mol. The van der Waals surface area contributed by atoms with Crippen LogP contribution in [0.25, 0.3) is 0 Å². The van der Waals surface area contributed by atoms with Gasteiger partial charge in [-0.05, 0) is 46.0 Å². The van der Waals surface area contributed by atoms with Gasteiger partial charge >= 0.3 is 0 Å². The fraction of sp³-hybridized carbons (Fsp3) is 0.571. The molecule has 0 radical (unpaired) electrons. The molecule has 0 aromatic heterocycles. The van der Waals surface area contributed by atoms with Crippen molar-refractivity contribution in [3.8, 4) is 0 Å². The van der Waals surface area contributed by atoms with Crippen LogP contribution in [0, 0.1) is 6.92 Å². The van der Waals surface area contributed by atoms with E-state index in [0.717, 1.165) is 0 Å². The average Bonchev–Trinajstić information content (AvgIpc) is 2.71. The molecule has 1 N–H and O–H groups in total. The highest BCUT2D eigenvalue weighted by Crippen LogP contribution is 2.27. The van der Waals surface area contributed by atoms with Crippen LogP contribution in [0.5, 0.6) is 0 Å². The second-order valence-corrected chi connectivity index (χ2v) is 5.03. The molecule has 1 fully saturated rings. The van der Waals surface area contributed by atoms with E-state index in [2.05, 4.69) is 55.5 Å². The highest BCUT2D eigenvalue weighted by Gasteiger charge is 2.27. The molecule has 2 heteroatoms. The Balaban J connectivity index is 2.24. The van der Waals surface area contributed by atoms with Gasteiger partial charge in [-0.2, -0.15) is 0 Å². The summed E-state index contributed by atoms with van der Waals surface area (Å²) in [7, 11) is 4.35. The lowest BCUT2D eigenvalue weighted by molar-refractivity contribution is 0.244. The van der Waals surface area contributed by atoms with Gasteiger partial charge in [0.15, 0.2) is 0 Å². The quantitative estimate of drug-likeness (QED) is 0.838. The molecule has 0 amide bonds. The number of likely N-dealkylation sites (N-methyl/N-ethyl adjacent to an activating group) is 1. The minimum Gasteiger partial charge on any atom is -0.312 e. The predicted octanol–water partition coefficient (Wildman–Crippen LogP) is 2.35. The van der Waals surface area contributed by atoms with Crippen molar-refractivity contribution in [3.63, 3.8) is 0 Å². The van der Waals surface area contributed by atoms with Gasteiger partial charge in [-0.3, -0.25) is 0 Å². The van der Waals surface area contributed by atoms with E-state index in [1.54, 1.807) is 0 Å². The van der Waals surface area contributed by atoms with Crippen LogP contribution in [0.1, 0.15) is 30.0 Å². The standard InChI is InChI=1S/C14H22N2/c1-11-6-4-7-12(10-11)14(16(2)3)13-8-5-9-15-13/h4,6-7,10,13-15H,5,8-9H2,1-3H3. The first-order valence-corrected chi connectivity index (χ1v) is 6.15. The Morgan fingerprint density at radius 1 is 1.38 bits per heavy atom. The van der Waals surface area contributed by atoms with E-state index in [0.29, 0.717) is 12.1 Å². The van der Waals surface area contributed by atoms with E-state index in [9.17, 15) is 0 Å². The normalized spacial score (nSPS) is 22.6. The molecule has 1 aliphatic rings. The first-order valence-electron chi connectivity index (χ1n) is 6.15. The molecule has 1 saturated heterocycles. The van der Waals surface area contributed by atoms with Gasteiger partial charge in [0.05, 0.1) is 0 Å². The summed E-state index contributed by atoms with van der Waals surface area (Å²) in [5, 5.41) is 3.61. The SMILES string of the molecule is Cc1cccc(C(C2CCCN2)N(C)C)c1. The van der Waals surface area contributed by atoms with Crippen molar-refractivity contribution >= 4 is 0 Å². The average molecular weight is 218 g/mol. The molecular weight excluding hydrogens is 196 g/mol. The number of rotatable bonds is 3. The molecule has 16 heavy (non-hydrogen) atoms. The molecule has 2 atom stereocenters. The maximum atomic E-state index is 3.61. The summed E-state index contributed by atoms with van der Waals surface area (Å²) in [5.41, 5.74) is 2.78. The van der Waals surface area contributed by atoms with E-state index in [4.69, 9.17) is 0 Å². The lowest BCUT2D eigenvalue weighted by Crippen LogP contribution is -2.37. The van der Waals surface area contributed by atoms with Crippen molar-refractivity contribution in [2.24, 2.45) is 0 Å². The maximum Gasteiger partial charge on any atom is 0.0496 e. The fourth-order valence-corrected chi connectivity index (χ4v) is 2.73. The van der Waals surface area contributed by atoms with Crippen LogP contribution in [0.3, 0.4) is 0 Å². The molecule has 2 unspecified atom stereocenters. The summed E-state index contributed by atoms with van der Waals surface area (Å²) in [6.45, 7) is 3.33. The Morgan fingerprint density at radius 3 is 2.75 bits per heavy atom. The Kier molecular flexibility index (Phi) is 3.62. The third-order valence-corrected chi connectivity index (χ3v) is 3.42. The van der Waals surface area contributed by atoms with Gasteiger partial charge in [-0.1, -0.05) is 29.8 Å². The highest BCUT2D eigenvalue weighted by atomic mass is 15.1. The van der Waals surface area contributed by atoms with Crippen LogP contribution in [0.4, 0.5) is 0 Å². The van der Waals surface area contributed by atoms with Gasteiger partial charge in [0.1, 0.15) is 0 Å². The van der Waals surface area contributed by atoms with Crippen molar-refractivity contribution < 1.29 is 0 Å². The topological polar surface area (TPSA) is 15.3 Å². The zero-order valence-corrected chi connectivity index (χ0v) is 10.5. The molecule has 88 valence electrons. The molecule has 1 aromatic carbocycles. The van der Waals surface area contributed by atoms with E-state index in [1.807, 2.05) is 0 Å². The summed E-state index contributed by atoms with van der Waals surface area (Å²) < 4.78 is 0. The summed E-state index contributed by atoms with van der Waals surface area (Å²) in [6.07, 6.45) is 2.59. The second-order valence-electron chi connectivity index (χ2n) is 5.03. The minimum atomic E-state index is 0.502. The Morgan fingerprint density at radius 2 is 2.19 bits per heavy atom. The molecule has 0 spiro atoms. The summed E-state index contributed by atoms with van der Waals surface area (Å²) in [6, 6.07) is 10.00. The van der Waals surface area contributed by atoms with E-state index in [1.165, 1.54) is 30.5 Å². The van der Waals surface area contributed by atoms with Gasteiger partial charge in [-0.25, -0.2) is 0 Å². The molecule has 0 bridgehead atoms. The Labute approximate surface area is 98.7 Å². The van der Waals surface area contributed by atoms with Crippen molar-refractivity contribution in [1.82, 2.24) is 10.2 Å². The molecule has 0 saturated carbocycles. The largest absolute Gasteiger partial charge is 0.312 e. The Hall–Kier alpha value is -0.860. The molecule has 2 nitrogen and oxygen atoms in total. The van der Waals surface area contributed by atoms with Crippen molar-refractivity contribution in [2.75, 3.05) is 20.6 Å². The van der Waals surface area contributed by atoms with Gasteiger partial charge in [0.25, 0.3) is 0 Å². The molecule has 1 heterocycles. The third-order valence-electron chi connectivity index (χ3n) is 3.42. The molecule has 1 aromatic rings. The lowest BCUT2D eigenvalue weighted by atomic mass is 9.96. The zero-order valence-electron chi connectivity index (χ0n) is 10.5. The van der Waals surface area contributed by atoms with Crippen molar-refractivity contribution in [3.05, 3.63) is 35.4 Å². The van der Waals surface area contributed by atoms with Crippen molar-refractivity contribution in [1.29, 1.82) is 0 Å². The number of aryl methyl sites for hydroxylation is 1. The van der Waals surface area contributed by atoms with Crippen LogP contribution in [-0.2, 0) is 0 Å². The lowest BCUT2D eigenvalue weighted by Gasteiger charge is -2.30. The number of hydrogen-bond acceptors (Lipinski definition) is 2. The molecule has 1 aliphatic heterocycles. The van der Waals surface area contributed by atoms with Crippen LogP contribution in [-0.4, -0.2) is 31.6 Å². The smallest absolute Gasteiger partial charge is 0.0496 e. The molecule has 0 aliphatic carbocycles. The summed E-state index contributed by atoms with van der Waals surface area (Å²) in [4.78, 5) is 2.33. The first-order chi connectivity index (χ1) is 7.68. The van der Waals surface area contributed by atoms with Crippen LogP contribution >= 0.6 is 0 Å². The highest BCUT2D eigenvalue weighted by molar-refractivity contribution is 5.26. The van der Waals surface area contributed by atoms with Crippen LogP contribution < -0.4 is 5.32 Å².